The van der Waals surface area contributed by atoms with Gasteiger partial charge in [0, 0.05) is 24.9 Å². The second kappa shape index (κ2) is 8.80. The zero-order chi connectivity index (χ0) is 21.1. The molecule has 29 heavy (non-hydrogen) atoms. The van der Waals surface area contributed by atoms with Gasteiger partial charge in [0.2, 0.25) is 5.91 Å². The molecule has 2 aliphatic heterocycles. The summed E-state index contributed by atoms with van der Waals surface area (Å²) in [7, 11) is 1.31. The van der Waals surface area contributed by atoms with Crippen molar-refractivity contribution < 1.29 is 14.3 Å². The number of nitrogens with zero attached hydrogens (tertiary/aromatic N) is 2. The lowest BCUT2D eigenvalue weighted by atomic mass is 9.96. The van der Waals surface area contributed by atoms with Gasteiger partial charge >= 0.3 is 6.09 Å². The molecule has 1 saturated heterocycles. The van der Waals surface area contributed by atoms with Crippen LogP contribution in [0.3, 0.4) is 0 Å². The molecule has 1 N–H and O–H groups in total. The highest BCUT2D eigenvalue weighted by molar-refractivity contribution is 6.03. The number of ether oxygens (including phenoxy) is 1. The fourth-order valence-electron chi connectivity index (χ4n) is 4.08. The van der Waals surface area contributed by atoms with E-state index in [1.54, 1.807) is 0 Å². The highest BCUT2D eigenvalue weighted by Gasteiger charge is 2.40. The predicted octanol–water partition coefficient (Wildman–Crippen LogP) is 3.80. The smallest absolute Gasteiger partial charge is 0.407 e. The molecule has 6 heteroatoms. The molecule has 1 fully saturated rings. The third kappa shape index (κ3) is 4.69. The number of amides is 2. The van der Waals surface area contributed by atoms with Gasteiger partial charge in [0.15, 0.2) is 0 Å². The topological polar surface area (TPSA) is 71.0 Å². The maximum atomic E-state index is 13.3. The predicted molar refractivity (Wildman–Crippen MR) is 115 cm³/mol. The highest BCUT2D eigenvalue weighted by atomic mass is 16.5. The number of alkyl carbamates (subject to hydrolysis) is 1. The number of allylic oxidation sites excluding steroid dienone is 1. The van der Waals surface area contributed by atoms with Gasteiger partial charge in [0.1, 0.15) is 6.04 Å². The first-order valence-electron chi connectivity index (χ1n) is 10.3. The van der Waals surface area contributed by atoms with Gasteiger partial charge in [-0.3, -0.25) is 9.79 Å². The Bertz CT molecular complexity index is 826. The fourth-order valence-corrected chi connectivity index (χ4v) is 4.08. The molecule has 156 valence electrons. The first-order chi connectivity index (χ1) is 13.8. The molecule has 6 nitrogen and oxygen atoms in total. The van der Waals surface area contributed by atoms with Crippen LogP contribution in [0, 0.1) is 18.8 Å². The van der Waals surface area contributed by atoms with Crippen LogP contribution in [0.25, 0.3) is 5.57 Å². The molecule has 3 rings (SSSR count). The summed E-state index contributed by atoms with van der Waals surface area (Å²) in [6, 6.07) is 7.81. The van der Waals surface area contributed by atoms with Crippen LogP contribution < -0.4 is 5.32 Å². The van der Waals surface area contributed by atoms with E-state index in [9.17, 15) is 9.59 Å². The molecule has 1 aromatic rings. The Morgan fingerprint density at radius 1 is 1.24 bits per heavy atom. The van der Waals surface area contributed by atoms with Crippen molar-refractivity contribution in [2.45, 2.75) is 52.6 Å². The maximum absolute atomic E-state index is 13.3. The van der Waals surface area contributed by atoms with Crippen molar-refractivity contribution in [2.75, 3.05) is 13.7 Å². The van der Waals surface area contributed by atoms with E-state index in [0.717, 1.165) is 18.6 Å². The third-order valence-electron chi connectivity index (χ3n) is 5.75. The van der Waals surface area contributed by atoms with Crippen molar-refractivity contribution in [3.05, 3.63) is 41.6 Å². The largest absolute Gasteiger partial charge is 0.453 e. The Balaban J connectivity index is 1.74. The number of hydrogen-bond acceptors (Lipinski definition) is 4. The molecule has 3 atom stereocenters. The quantitative estimate of drug-likeness (QED) is 0.821. The van der Waals surface area contributed by atoms with E-state index in [1.807, 2.05) is 24.9 Å². The number of carbonyl (C=O) groups is 2. The summed E-state index contributed by atoms with van der Waals surface area (Å²) in [6.45, 7) is 8.76. The van der Waals surface area contributed by atoms with Crippen molar-refractivity contribution >= 4 is 23.3 Å². The van der Waals surface area contributed by atoms with Crippen molar-refractivity contribution in [1.82, 2.24) is 10.2 Å². The van der Waals surface area contributed by atoms with E-state index in [2.05, 4.69) is 43.4 Å². The summed E-state index contributed by atoms with van der Waals surface area (Å²) in [6.07, 6.45) is 2.99. The Labute approximate surface area is 173 Å². The second-order valence-electron chi connectivity index (χ2n) is 8.52. The van der Waals surface area contributed by atoms with Crippen LogP contribution in [0.1, 0.15) is 44.7 Å². The molecule has 2 amide bonds. The van der Waals surface area contributed by atoms with E-state index in [0.29, 0.717) is 12.5 Å². The number of carbonyl (C=O) groups excluding carboxylic acids is 2. The standard InChI is InChI=1S/C23H31N3O3/c1-14(2)21(25-23(28)29-5)22(27)26-13-16(4)10-20(26)19-11-18(12-24-19)17-8-6-15(3)7-9-17/h6-9,12,14,16,20-21H,10-11,13H2,1-5H3,(H,25,28)/t16-,20-,21-/m0/s1. The Morgan fingerprint density at radius 2 is 1.93 bits per heavy atom. The summed E-state index contributed by atoms with van der Waals surface area (Å²) in [5.41, 5.74) is 4.61. The van der Waals surface area contributed by atoms with Gasteiger partial charge in [0.25, 0.3) is 0 Å². The normalized spacial score (nSPS) is 22.3. The van der Waals surface area contributed by atoms with Crippen LogP contribution >= 0.6 is 0 Å². The average Bonchev–Trinajstić information content (AvgIpc) is 3.32. The first kappa shape index (κ1) is 21.1. The lowest BCUT2D eigenvalue weighted by Crippen LogP contribution is -2.53. The van der Waals surface area contributed by atoms with Gasteiger partial charge in [0.05, 0.1) is 13.2 Å². The van der Waals surface area contributed by atoms with Crippen LogP contribution in [0.5, 0.6) is 0 Å². The summed E-state index contributed by atoms with van der Waals surface area (Å²) < 4.78 is 4.71. The zero-order valence-electron chi connectivity index (χ0n) is 17.9. The maximum Gasteiger partial charge on any atom is 0.407 e. The Hall–Kier alpha value is -2.63. The molecule has 0 spiro atoms. The molecule has 2 aliphatic rings. The van der Waals surface area contributed by atoms with E-state index < -0.39 is 12.1 Å². The number of methoxy groups -OCH3 is 1. The van der Waals surface area contributed by atoms with E-state index in [1.165, 1.54) is 23.8 Å². The molecular weight excluding hydrogens is 366 g/mol. The van der Waals surface area contributed by atoms with E-state index in [-0.39, 0.29) is 17.9 Å². The number of hydrogen-bond donors (Lipinski definition) is 1. The second-order valence-corrected chi connectivity index (χ2v) is 8.52. The molecule has 0 aliphatic carbocycles. The number of aryl methyl sites for hydroxylation is 1. The van der Waals surface area contributed by atoms with Crippen molar-refractivity contribution in [2.24, 2.45) is 16.8 Å². The summed E-state index contributed by atoms with van der Waals surface area (Å²) in [4.78, 5) is 31.7. The Morgan fingerprint density at radius 3 is 2.55 bits per heavy atom. The SMILES string of the molecule is COC(=O)N[C@H](C(=O)N1C[C@@H](C)C[C@H]1C1=NC=C(c2ccc(C)cc2)C1)C(C)C. The third-order valence-corrected chi connectivity index (χ3v) is 5.75. The molecule has 0 bridgehead atoms. The van der Waals surface area contributed by atoms with Crippen LogP contribution in [0.15, 0.2) is 35.5 Å². The molecule has 0 unspecified atom stereocenters. The van der Waals surface area contributed by atoms with Gasteiger partial charge in [-0.05, 0) is 36.3 Å². The van der Waals surface area contributed by atoms with Gasteiger partial charge in [-0.1, -0.05) is 50.6 Å². The summed E-state index contributed by atoms with van der Waals surface area (Å²) >= 11 is 0. The van der Waals surface area contributed by atoms with Gasteiger partial charge in [-0.2, -0.15) is 0 Å². The van der Waals surface area contributed by atoms with Gasteiger partial charge in [-0.25, -0.2) is 4.79 Å². The van der Waals surface area contributed by atoms with E-state index >= 15 is 0 Å². The molecule has 1 aromatic carbocycles. The summed E-state index contributed by atoms with van der Waals surface area (Å²) in [5.74, 6) is 0.289. The van der Waals surface area contributed by atoms with Gasteiger partial charge < -0.3 is 15.0 Å². The number of nitrogens with one attached hydrogen (secondary N) is 1. The Kier molecular flexibility index (Phi) is 6.40. The van der Waals surface area contributed by atoms with Crippen LogP contribution in [-0.4, -0.2) is 48.4 Å². The number of benzene rings is 1. The van der Waals surface area contributed by atoms with Crippen molar-refractivity contribution in [3.63, 3.8) is 0 Å². The number of likely N-dealkylation sites (tertiary alicyclic amines) is 1. The van der Waals surface area contributed by atoms with Crippen molar-refractivity contribution in [1.29, 1.82) is 0 Å². The molecule has 0 saturated carbocycles. The van der Waals surface area contributed by atoms with E-state index in [4.69, 9.17) is 9.73 Å². The summed E-state index contributed by atoms with van der Waals surface area (Å²) in [5, 5.41) is 2.70. The monoisotopic (exact) mass is 397 g/mol. The van der Waals surface area contributed by atoms with Crippen LogP contribution in [0.2, 0.25) is 0 Å². The zero-order valence-corrected chi connectivity index (χ0v) is 17.9. The number of rotatable bonds is 5. The van der Waals surface area contributed by atoms with Crippen LogP contribution in [-0.2, 0) is 9.53 Å². The minimum atomic E-state index is -0.609. The first-order valence-corrected chi connectivity index (χ1v) is 10.3. The lowest BCUT2D eigenvalue weighted by molar-refractivity contribution is -0.134. The number of aliphatic imine (C=N–C) groups is 1. The fraction of sp³-hybridized carbons (Fsp3) is 0.522. The van der Waals surface area contributed by atoms with Gasteiger partial charge in [-0.15, -0.1) is 0 Å². The average molecular weight is 398 g/mol. The molecular formula is C23H31N3O3. The highest BCUT2D eigenvalue weighted by Crippen LogP contribution is 2.32. The lowest BCUT2D eigenvalue weighted by Gasteiger charge is -2.31. The molecule has 2 heterocycles. The van der Waals surface area contributed by atoms with Crippen molar-refractivity contribution in [3.8, 4) is 0 Å². The minimum absolute atomic E-state index is 0.0302. The molecule has 0 radical (unpaired) electrons. The minimum Gasteiger partial charge on any atom is -0.453 e. The molecule has 0 aromatic heterocycles. The van der Waals surface area contributed by atoms with Crippen LogP contribution in [0.4, 0.5) is 4.79 Å².